The second-order valence-corrected chi connectivity index (χ2v) is 5.59. The van der Waals surface area contributed by atoms with E-state index < -0.39 is 0 Å². The fourth-order valence-electron chi connectivity index (χ4n) is 1.28. The van der Waals surface area contributed by atoms with E-state index in [0.29, 0.717) is 22.9 Å². The molecule has 1 amide bonds. The van der Waals surface area contributed by atoms with E-state index in [1.54, 1.807) is 36.0 Å². The van der Waals surface area contributed by atoms with Crippen LogP contribution in [0.1, 0.15) is 25.8 Å². The Hall–Kier alpha value is -1.47. The number of thioether (sulfide) groups is 1. The summed E-state index contributed by atoms with van der Waals surface area (Å²) in [5, 5.41) is 12.1. The lowest BCUT2D eigenvalue weighted by Gasteiger charge is -2.06. The fourth-order valence-corrected chi connectivity index (χ4v) is 2.05. The summed E-state index contributed by atoms with van der Waals surface area (Å²) in [7, 11) is 0. The number of nitriles is 1. The van der Waals surface area contributed by atoms with Gasteiger partial charge in [0.05, 0.1) is 11.6 Å². The van der Waals surface area contributed by atoms with E-state index in [1.165, 1.54) is 0 Å². The van der Waals surface area contributed by atoms with Crippen molar-refractivity contribution in [1.29, 1.82) is 5.26 Å². The number of benzene rings is 1. The zero-order valence-corrected chi connectivity index (χ0v) is 10.9. The molecule has 3 nitrogen and oxygen atoms in total. The molecule has 0 spiro atoms. The van der Waals surface area contributed by atoms with Crippen molar-refractivity contribution in [3.8, 4) is 6.07 Å². The Labute approximate surface area is 106 Å². The van der Waals surface area contributed by atoms with Gasteiger partial charge in [0.1, 0.15) is 0 Å². The molecule has 90 valence electrons. The van der Waals surface area contributed by atoms with Crippen LogP contribution in [0.4, 0.5) is 5.69 Å². The molecular formula is C13H16N2OS. The number of rotatable bonds is 5. The molecule has 1 N–H and O–H groups in total. The molecule has 0 saturated heterocycles. The smallest absolute Gasteiger partial charge is 0.225 e. The molecule has 0 aliphatic carbocycles. The summed E-state index contributed by atoms with van der Waals surface area (Å²) in [5.74, 6) is 0.815. The first-order valence-corrected chi connectivity index (χ1v) is 6.58. The largest absolute Gasteiger partial charge is 0.326 e. The van der Waals surface area contributed by atoms with E-state index in [1.807, 2.05) is 6.07 Å². The van der Waals surface area contributed by atoms with Crippen molar-refractivity contribution in [2.75, 3.05) is 11.1 Å². The first-order valence-electron chi connectivity index (χ1n) is 5.53. The maximum atomic E-state index is 11.6. The Morgan fingerprint density at radius 2 is 2.29 bits per heavy atom. The minimum absolute atomic E-state index is 0.00626. The van der Waals surface area contributed by atoms with E-state index in [2.05, 4.69) is 19.2 Å². The van der Waals surface area contributed by atoms with E-state index >= 15 is 0 Å². The van der Waals surface area contributed by atoms with E-state index in [4.69, 9.17) is 5.26 Å². The highest BCUT2D eigenvalue weighted by molar-refractivity contribution is 7.99. The van der Waals surface area contributed by atoms with Gasteiger partial charge in [-0.2, -0.15) is 17.0 Å². The van der Waals surface area contributed by atoms with Crippen molar-refractivity contribution in [3.63, 3.8) is 0 Å². The summed E-state index contributed by atoms with van der Waals surface area (Å²) in [4.78, 5) is 11.6. The summed E-state index contributed by atoms with van der Waals surface area (Å²) in [6.07, 6.45) is 0.500. The highest BCUT2D eigenvalue weighted by Crippen LogP contribution is 2.13. The number of carbonyl (C=O) groups excluding carboxylic acids is 1. The number of nitrogens with one attached hydrogen (secondary N) is 1. The van der Waals surface area contributed by atoms with Gasteiger partial charge in [-0.1, -0.05) is 19.9 Å². The molecule has 0 aliphatic heterocycles. The molecule has 1 rings (SSSR count). The average Bonchev–Trinajstić information content (AvgIpc) is 2.28. The summed E-state index contributed by atoms with van der Waals surface area (Å²) in [6.45, 7) is 4.22. The van der Waals surface area contributed by atoms with Gasteiger partial charge in [-0.05, 0) is 23.4 Å². The zero-order valence-electron chi connectivity index (χ0n) is 10.1. The number of amides is 1. The highest BCUT2D eigenvalue weighted by atomic mass is 32.2. The first kappa shape index (κ1) is 13.6. The van der Waals surface area contributed by atoms with Crippen LogP contribution in [0.2, 0.25) is 0 Å². The molecule has 0 unspecified atom stereocenters. The molecule has 1 aromatic rings. The molecule has 17 heavy (non-hydrogen) atoms. The van der Waals surface area contributed by atoms with Crippen LogP contribution in [0.3, 0.4) is 0 Å². The maximum absolute atomic E-state index is 11.6. The van der Waals surface area contributed by atoms with Crippen molar-refractivity contribution in [1.82, 2.24) is 0 Å². The molecule has 1 aromatic carbocycles. The third kappa shape index (κ3) is 5.41. The monoisotopic (exact) mass is 248 g/mol. The van der Waals surface area contributed by atoms with Gasteiger partial charge in [0.2, 0.25) is 5.91 Å². The van der Waals surface area contributed by atoms with Crippen molar-refractivity contribution < 1.29 is 4.79 Å². The van der Waals surface area contributed by atoms with Crippen molar-refractivity contribution >= 4 is 23.4 Å². The number of anilines is 1. The number of hydrogen-bond donors (Lipinski definition) is 1. The minimum Gasteiger partial charge on any atom is -0.326 e. The normalized spacial score (nSPS) is 10.0. The average molecular weight is 248 g/mol. The van der Waals surface area contributed by atoms with Crippen LogP contribution in [0, 0.1) is 11.3 Å². The Morgan fingerprint density at radius 3 is 2.94 bits per heavy atom. The van der Waals surface area contributed by atoms with Gasteiger partial charge in [0, 0.05) is 17.9 Å². The predicted octanol–water partition coefficient (Wildman–Crippen LogP) is 3.03. The number of nitrogens with zero attached hydrogens (tertiary/aromatic N) is 1. The minimum atomic E-state index is -0.00626. The third-order valence-corrected chi connectivity index (χ3v) is 3.16. The van der Waals surface area contributed by atoms with Crippen LogP contribution in [0.15, 0.2) is 24.3 Å². The van der Waals surface area contributed by atoms with Gasteiger partial charge in [-0.25, -0.2) is 0 Å². The van der Waals surface area contributed by atoms with E-state index in [9.17, 15) is 4.79 Å². The zero-order chi connectivity index (χ0) is 12.7. The molecule has 0 fully saturated rings. The van der Waals surface area contributed by atoms with Gasteiger partial charge in [0.25, 0.3) is 0 Å². The van der Waals surface area contributed by atoms with Crippen LogP contribution >= 0.6 is 11.8 Å². The molecule has 0 aromatic heterocycles. The molecule has 0 atom stereocenters. The molecule has 0 bridgehead atoms. The van der Waals surface area contributed by atoms with Gasteiger partial charge in [-0.15, -0.1) is 0 Å². The second kappa shape index (κ2) is 6.97. The molecule has 0 saturated carbocycles. The summed E-state index contributed by atoms with van der Waals surface area (Å²) >= 11 is 1.76. The standard InChI is InChI=1S/C13H16N2OS/c1-10(2)17-7-6-13(16)15-12-5-3-4-11(8-12)9-14/h3-5,8,10H,6-7H2,1-2H3,(H,15,16). The van der Waals surface area contributed by atoms with Crippen LogP contribution < -0.4 is 5.32 Å². The Morgan fingerprint density at radius 1 is 1.53 bits per heavy atom. The van der Waals surface area contributed by atoms with Crippen molar-refractivity contribution in [2.24, 2.45) is 0 Å². The molecular weight excluding hydrogens is 232 g/mol. The highest BCUT2D eigenvalue weighted by Gasteiger charge is 2.03. The van der Waals surface area contributed by atoms with Crippen LogP contribution in [-0.2, 0) is 4.79 Å². The third-order valence-electron chi connectivity index (χ3n) is 2.06. The Balaban J connectivity index is 2.43. The topological polar surface area (TPSA) is 52.9 Å². The SMILES string of the molecule is CC(C)SCCC(=O)Nc1cccc(C#N)c1. The van der Waals surface area contributed by atoms with Crippen LogP contribution in [0.25, 0.3) is 0 Å². The molecule has 0 aliphatic rings. The molecule has 0 heterocycles. The molecule has 0 radical (unpaired) electrons. The quantitative estimate of drug-likeness (QED) is 0.871. The predicted molar refractivity (Wildman–Crippen MR) is 72.0 cm³/mol. The van der Waals surface area contributed by atoms with Gasteiger partial charge >= 0.3 is 0 Å². The van der Waals surface area contributed by atoms with Gasteiger partial charge < -0.3 is 5.32 Å². The van der Waals surface area contributed by atoms with Crippen molar-refractivity contribution in [2.45, 2.75) is 25.5 Å². The lowest BCUT2D eigenvalue weighted by Crippen LogP contribution is -2.12. The van der Waals surface area contributed by atoms with Crippen LogP contribution in [-0.4, -0.2) is 16.9 Å². The Kier molecular flexibility index (Phi) is 5.58. The summed E-state index contributed by atoms with van der Waals surface area (Å²) in [5.41, 5.74) is 1.24. The summed E-state index contributed by atoms with van der Waals surface area (Å²) in [6, 6.07) is 8.98. The number of carbonyl (C=O) groups is 1. The Bertz CT molecular complexity index is 424. The van der Waals surface area contributed by atoms with E-state index in [0.717, 1.165) is 5.75 Å². The van der Waals surface area contributed by atoms with Crippen LogP contribution in [0.5, 0.6) is 0 Å². The second-order valence-electron chi connectivity index (χ2n) is 3.91. The lowest BCUT2D eigenvalue weighted by molar-refractivity contribution is -0.115. The van der Waals surface area contributed by atoms with Crippen molar-refractivity contribution in [3.05, 3.63) is 29.8 Å². The van der Waals surface area contributed by atoms with Gasteiger partial charge in [-0.3, -0.25) is 4.79 Å². The first-order chi connectivity index (χ1) is 8.11. The summed E-state index contributed by atoms with van der Waals surface area (Å²) < 4.78 is 0. The molecule has 4 heteroatoms. The number of hydrogen-bond acceptors (Lipinski definition) is 3. The lowest BCUT2D eigenvalue weighted by atomic mass is 10.2. The van der Waals surface area contributed by atoms with Gasteiger partial charge in [0.15, 0.2) is 0 Å². The maximum Gasteiger partial charge on any atom is 0.225 e. The van der Waals surface area contributed by atoms with E-state index in [-0.39, 0.29) is 5.91 Å². The fraction of sp³-hybridized carbons (Fsp3) is 0.385.